The molecule has 4 heteroatoms. The minimum Gasteiger partial charge on any atom is -0.372 e. The van der Waals surface area contributed by atoms with E-state index >= 15 is 0 Å². The smallest absolute Gasteiger partial charge is 0.225 e. The topological polar surface area (TPSA) is 55.6 Å². The van der Waals surface area contributed by atoms with Crippen molar-refractivity contribution in [2.45, 2.75) is 58.6 Å². The first-order valence-electron chi connectivity index (χ1n) is 7.00. The van der Waals surface area contributed by atoms with Gasteiger partial charge < -0.3 is 15.4 Å². The second kappa shape index (κ2) is 6.53. The van der Waals surface area contributed by atoms with Crippen LogP contribution in [0.5, 0.6) is 0 Å². The molecule has 2 atom stereocenters. The van der Waals surface area contributed by atoms with E-state index in [-0.39, 0.29) is 23.5 Å². The van der Waals surface area contributed by atoms with Crippen LogP contribution in [0.15, 0.2) is 0 Å². The van der Waals surface area contributed by atoms with Gasteiger partial charge in [-0.05, 0) is 33.6 Å². The molecule has 1 amide bonds. The Labute approximate surface area is 111 Å². The molecule has 1 aliphatic rings. The zero-order valence-electron chi connectivity index (χ0n) is 12.2. The number of nitrogens with two attached hydrogens (primary N) is 1. The maximum absolute atomic E-state index is 12.3. The lowest BCUT2D eigenvalue weighted by Crippen LogP contribution is -2.51. The van der Waals surface area contributed by atoms with Gasteiger partial charge in [0.05, 0.1) is 12.2 Å². The van der Waals surface area contributed by atoms with Crippen LogP contribution in [0.2, 0.25) is 0 Å². The predicted octanol–water partition coefficient (Wildman–Crippen LogP) is 1.78. The summed E-state index contributed by atoms with van der Waals surface area (Å²) in [5.74, 6) is 0.355. The Morgan fingerprint density at radius 3 is 2.61 bits per heavy atom. The molecule has 1 aliphatic heterocycles. The first-order valence-corrected chi connectivity index (χ1v) is 7.00. The van der Waals surface area contributed by atoms with E-state index in [1.54, 1.807) is 0 Å². The maximum atomic E-state index is 12.3. The Morgan fingerprint density at radius 1 is 1.39 bits per heavy atom. The predicted molar refractivity (Wildman–Crippen MR) is 73.3 cm³/mol. The standard InChI is InChI=1S/C14H28N2O2/c1-11(6-5-7-12(2)15)13(17)16-8-9-18-14(3,4)10-16/h11-12H,5-10,15H2,1-4H3. The largest absolute Gasteiger partial charge is 0.372 e. The van der Waals surface area contributed by atoms with Gasteiger partial charge in [-0.1, -0.05) is 13.3 Å². The van der Waals surface area contributed by atoms with Gasteiger partial charge in [-0.3, -0.25) is 4.79 Å². The van der Waals surface area contributed by atoms with Crippen molar-refractivity contribution < 1.29 is 9.53 Å². The number of amides is 1. The Hall–Kier alpha value is -0.610. The third kappa shape index (κ3) is 4.94. The second-order valence-corrected chi connectivity index (χ2v) is 6.18. The summed E-state index contributed by atoms with van der Waals surface area (Å²) in [6, 6.07) is 0.231. The highest BCUT2D eigenvalue weighted by Gasteiger charge is 2.31. The summed E-state index contributed by atoms with van der Waals surface area (Å²) < 4.78 is 5.63. The summed E-state index contributed by atoms with van der Waals surface area (Å²) in [5, 5.41) is 0. The van der Waals surface area contributed by atoms with Gasteiger partial charge >= 0.3 is 0 Å². The lowest BCUT2D eigenvalue weighted by atomic mass is 9.99. The van der Waals surface area contributed by atoms with Gasteiger partial charge in [-0.2, -0.15) is 0 Å². The van der Waals surface area contributed by atoms with Gasteiger partial charge in [-0.15, -0.1) is 0 Å². The summed E-state index contributed by atoms with van der Waals surface area (Å²) in [6.45, 7) is 10.2. The van der Waals surface area contributed by atoms with E-state index in [2.05, 4.69) is 0 Å². The van der Waals surface area contributed by atoms with Gasteiger partial charge in [-0.25, -0.2) is 0 Å². The summed E-state index contributed by atoms with van der Waals surface area (Å²) in [7, 11) is 0. The zero-order valence-corrected chi connectivity index (χ0v) is 12.2. The van der Waals surface area contributed by atoms with E-state index < -0.39 is 0 Å². The van der Waals surface area contributed by atoms with Crippen LogP contribution >= 0.6 is 0 Å². The number of morpholine rings is 1. The van der Waals surface area contributed by atoms with Crippen molar-refractivity contribution in [2.24, 2.45) is 11.7 Å². The number of hydrogen-bond acceptors (Lipinski definition) is 3. The number of rotatable bonds is 5. The molecule has 1 rings (SSSR count). The SMILES string of the molecule is CC(N)CCCC(C)C(=O)N1CCOC(C)(C)C1. The van der Waals surface area contributed by atoms with Crippen LogP contribution in [-0.2, 0) is 9.53 Å². The molecule has 4 nitrogen and oxygen atoms in total. The average Bonchev–Trinajstić information content (AvgIpc) is 2.26. The van der Waals surface area contributed by atoms with Crippen LogP contribution in [0.25, 0.3) is 0 Å². The maximum Gasteiger partial charge on any atom is 0.225 e. The average molecular weight is 256 g/mol. The molecule has 2 unspecified atom stereocenters. The lowest BCUT2D eigenvalue weighted by molar-refractivity contribution is -0.149. The summed E-state index contributed by atoms with van der Waals surface area (Å²) in [4.78, 5) is 14.2. The fourth-order valence-electron chi connectivity index (χ4n) is 2.39. The van der Waals surface area contributed by atoms with Crippen molar-refractivity contribution in [1.82, 2.24) is 4.90 Å². The van der Waals surface area contributed by atoms with E-state index in [1.807, 2.05) is 32.6 Å². The molecule has 1 saturated heterocycles. The number of hydrogen-bond donors (Lipinski definition) is 1. The van der Waals surface area contributed by atoms with Crippen molar-refractivity contribution >= 4 is 5.91 Å². The van der Waals surface area contributed by atoms with Crippen molar-refractivity contribution in [3.05, 3.63) is 0 Å². The Balaban J connectivity index is 2.38. The monoisotopic (exact) mass is 256 g/mol. The molecule has 18 heavy (non-hydrogen) atoms. The highest BCUT2D eigenvalue weighted by atomic mass is 16.5. The lowest BCUT2D eigenvalue weighted by Gasteiger charge is -2.39. The molecule has 0 spiro atoms. The van der Waals surface area contributed by atoms with E-state index in [9.17, 15) is 4.79 Å². The van der Waals surface area contributed by atoms with Gasteiger partial charge in [0.1, 0.15) is 0 Å². The molecule has 1 heterocycles. The van der Waals surface area contributed by atoms with Crippen LogP contribution in [0.1, 0.15) is 47.0 Å². The third-order valence-electron chi connectivity index (χ3n) is 3.46. The van der Waals surface area contributed by atoms with Gasteiger partial charge in [0.15, 0.2) is 0 Å². The molecule has 0 radical (unpaired) electrons. The molecule has 106 valence electrons. The Bertz CT molecular complexity index is 277. The number of carbonyl (C=O) groups excluding carboxylic acids is 1. The van der Waals surface area contributed by atoms with E-state index in [1.165, 1.54) is 0 Å². The van der Waals surface area contributed by atoms with Crippen LogP contribution in [0.4, 0.5) is 0 Å². The third-order valence-corrected chi connectivity index (χ3v) is 3.46. The van der Waals surface area contributed by atoms with Crippen molar-refractivity contribution in [1.29, 1.82) is 0 Å². The van der Waals surface area contributed by atoms with Crippen LogP contribution in [-0.4, -0.2) is 42.1 Å². The van der Waals surface area contributed by atoms with Crippen LogP contribution in [0, 0.1) is 5.92 Å². The minimum absolute atomic E-state index is 0.0950. The molecule has 2 N–H and O–H groups in total. The number of ether oxygens (including phenoxy) is 1. The molecule has 0 aromatic carbocycles. The fraction of sp³-hybridized carbons (Fsp3) is 0.929. The quantitative estimate of drug-likeness (QED) is 0.815. The first kappa shape index (κ1) is 15.4. The molecule has 0 aromatic heterocycles. The number of nitrogens with zero attached hydrogens (tertiary/aromatic N) is 1. The van der Waals surface area contributed by atoms with E-state index in [0.29, 0.717) is 13.2 Å². The molecule has 0 aromatic rings. The van der Waals surface area contributed by atoms with Gasteiger partial charge in [0.25, 0.3) is 0 Å². The first-order chi connectivity index (χ1) is 8.32. The molecule has 0 saturated carbocycles. The molecule has 1 fully saturated rings. The van der Waals surface area contributed by atoms with Gasteiger partial charge in [0, 0.05) is 25.0 Å². The van der Waals surface area contributed by atoms with E-state index in [0.717, 1.165) is 25.8 Å². The molecular weight excluding hydrogens is 228 g/mol. The van der Waals surface area contributed by atoms with Gasteiger partial charge in [0.2, 0.25) is 5.91 Å². The summed E-state index contributed by atoms with van der Waals surface area (Å²) in [5.41, 5.74) is 5.51. The highest BCUT2D eigenvalue weighted by Crippen LogP contribution is 2.20. The summed E-state index contributed by atoms with van der Waals surface area (Å²) >= 11 is 0. The second-order valence-electron chi connectivity index (χ2n) is 6.18. The summed E-state index contributed by atoms with van der Waals surface area (Å²) in [6.07, 6.45) is 2.95. The number of carbonyl (C=O) groups is 1. The normalized spacial score (nSPS) is 22.6. The van der Waals surface area contributed by atoms with Crippen LogP contribution < -0.4 is 5.73 Å². The molecule has 0 bridgehead atoms. The highest BCUT2D eigenvalue weighted by molar-refractivity contribution is 5.78. The van der Waals surface area contributed by atoms with E-state index in [4.69, 9.17) is 10.5 Å². The minimum atomic E-state index is -0.209. The van der Waals surface area contributed by atoms with Crippen molar-refractivity contribution in [3.63, 3.8) is 0 Å². The van der Waals surface area contributed by atoms with Crippen molar-refractivity contribution in [2.75, 3.05) is 19.7 Å². The molecular formula is C14H28N2O2. The zero-order chi connectivity index (χ0) is 13.8. The Kier molecular flexibility index (Phi) is 5.60. The van der Waals surface area contributed by atoms with Crippen molar-refractivity contribution in [3.8, 4) is 0 Å². The fourth-order valence-corrected chi connectivity index (χ4v) is 2.39. The van der Waals surface area contributed by atoms with Crippen LogP contribution in [0.3, 0.4) is 0 Å². The Morgan fingerprint density at radius 2 is 2.06 bits per heavy atom. The molecule has 0 aliphatic carbocycles.